The standard InChI is InChI=1S/C79H54ClN3O3/c1-79(2)68-31-13-12-30-66(68)67-40-39-64(48-69(67)79)81(63-38-37-51-41-58(36-35-52(51)42-63)77-47-57-21-11-16-34-74(57)86-77)65-49-70(82(59-24-5-3-6-25-59)60-26-7-4-8-27-60)78(80)71(50-65)83(61-28-17-22-53(43-61)75-45-55-19-9-14-32-72(55)84-75)62-29-18-23-54(44-62)76-46-56-20-10-15-33-73(56)85-76/h3-50H,1-2H3. The number of halogens is 1. The highest BCUT2D eigenvalue weighted by atomic mass is 35.5. The van der Waals surface area contributed by atoms with Crippen LogP contribution in [0.4, 0.5) is 51.2 Å². The zero-order valence-electron chi connectivity index (χ0n) is 47.2. The van der Waals surface area contributed by atoms with E-state index in [-0.39, 0.29) is 5.41 Å². The lowest BCUT2D eigenvalue weighted by molar-refractivity contribution is 0.631. The molecule has 0 aliphatic heterocycles. The maximum atomic E-state index is 8.38. The smallest absolute Gasteiger partial charge is 0.135 e. The maximum absolute atomic E-state index is 8.38. The Morgan fingerprint density at radius 2 is 0.698 bits per heavy atom. The number of hydrogen-bond donors (Lipinski definition) is 0. The minimum Gasteiger partial charge on any atom is -0.456 e. The number of anilines is 9. The Morgan fingerprint density at radius 3 is 1.26 bits per heavy atom. The molecule has 0 spiro atoms. The number of para-hydroxylation sites is 5. The first-order chi connectivity index (χ1) is 42.3. The first kappa shape index (κ1) is 50.9. The second-order valence-corrected chi connectivity index (χ2v) is 23.0. The van der Waals surface area contributed by atoms with Crippen LogP contribution in [0.1, 0.15) is 25.0 Å². The molecule has 410 valence electrons. The average Bonchev–Trinajstić information content (AvgIpc) is 3.77. The molecular formula is C79H54ClN3O3. The Kier molecular flexibility index (Phi) is 12.1. The van der Waals surface area contributed by atoms with Crippen molar-refractivity contribution >= 4 is 106 Å². The van der Waals surface area contributed by atoms with E-state index in [1.807, 2.05) is 54.6 Å². The average molecular weight is 1130 g/mol. The molecule has 0 amide bonds. The summed E-state index contributed by atoms with van der Waals surface area (Å²) in [6, 6.07) is 103. The zero-order valence-corrected chi connectivity index (χ0v) is 47.9. The van der Waals surface area contributed by atoms with Gasteiger partial charge < -0.3 is 28.0 Å². The predicted octanol–water partition coefficient (Wildman–Crippen LogP) is 23.4. The van der Waals surface area contributed by atoms with Gasteiger partial charge in [-0.2, -0.15) is 0 Å². The third kappa shape index (κ3) is 8.81. The van der Waals surface area contributed by atoms with Crippen LogP contribution in [0, 0.1) is 0 Å². The predicted molar refractivity (Wildman–Crippen MR) is 356 cm³/mol. The van der Waals surface area contributed by atoms with Crippen molar-refractivity contribution in [3.05, 3.63) is 307 Å². The molecular weight excluding hydrogens is 1070 g/mol. The lowest BCUT2D eigenvalue weighted by atomic mass is 9.82. The molecule has 7 heteroatoms. The summed E-state index contributed by atoms with van der Waals surface area (Å²) in [5.74, 6) is 2.36. The van der Waals surface area contributed by atoms with Gasteiger partial charge in [-0.15, -0.1) is 0 Å². The molecule has 0 saturated carbocycles. The van der Waals surface area contributed by atoms with Gasteiger partial charge in [0, 0.05) is 72.4 Å². The molecule has 3 aromatic heterocycles. The summed E-state index contributed by atoms with van der Waals surface area (Å²) in [6.45, 7) is 4.68. The van der Waals surface area contributed by atoms with Gasteiger partial charge >= 0.3 is 0 Å². The number of furan rings is 3. The zero-order chi connectivity index (χ0) is 57.5. The summed E-state index contributed by atoms with van der Waals surface area (Å²) >= 11 is 8.38. The van der Waals surface area contributed by atoms with Crippen molar-refractivity contribution in [2.45, 2.75) is 19.3 Å². The van der Waals surface area contributed by atoms with Gasteiger partial charge in [-0.1, -0.05) is 189 Å². The molecule has 0 radical (unpaired) electrons. The van der Waals surface area contributed by atoms with Crippen molar-refractivity contribution < 1.29 is 13.3 Å². The van der Waals surface area contributed by atoms with Gasteiger partial charge in [-0.3, -0.25) is 0 Å². The Bertz CT molecular complexity index is 4840. The van der Waals surface area contributed by atoms with E-state index in [0.717, 1.165) is 129 Å². The van der Waals surface area contributed by atoms with Crippen molar-refractivity contribution in [3.8, 4) is 45.1 Å². The molecule has 1 aliphatic rings. The largest absolute Gasteiger partial charge is 0.456 e. The van der Waals surface area contributed by atoms with E-state index in [1.165, 1.54) is 22.3 Å². The second-order valence-electron chi connectivity index (χ2n) is 22.7. The minimum absolute atomic E-state index is 0.274. The van der Waals surface area contributed by atoms with Crippen LogP contribution in [-0.4, -0.2) is 0 Å². The molecule has 0 atom stereocenters. The summed E-state index contributed by atoms with van der Waals surface area (Å²) in [5.41, 5.74) is 18.2. The highest BCUT2D eigenvalue weighted by molar-refractivity contribution is 6.37. The topological polar surface area (TPSA) is 49.1 Å². The molecule has 0 N–H and O–H groups in total. The van der Waals surface area contributed by atoms with Crippen LogP contribution in [0.3, 0.4) is 0 Å². The SMILES string of the molecule is CC1(C)c2ccccc2-c2ccc(N(c3cc(N(c4ccccc4)c4ccccc4)c(Cl)c(N(c4cccc(-c5cc6ccccc6o5)c4)c4cccc(-c5cc6ccccc6o5)c4)c3)c3ccc4cc(-c5cc6ccccc6o5)ccc4c3)cc21. The highest BCUT2D eigenvalue weighted by Gasteiger charge is 2.36. The van der Waals surface area contributed by atoms with Crippen LogP contribution in [0.2, 0.25) is 5.02 Å². The number of rotatable bonds is 12. The van der Waals surface area contributed by atoms with E-state index in [9.17, 15) is 0 Å². The molecule has 0 fully saturated rings. The van der Waals surface area contributed by atoms with Crippen LogP contribution >= 0.6 is 11.6 Å². The van der Waals surface area contributed by atoms with E-state index < -0.39 is 0 Å². The summed E-state index contributed by atoms with van der Waals surface area (Å²) < 4.78 is 19.6. The summed E-state index contributed by atoms with van der Waals surface area (Å²) in [6.07, 6.45) is 0. The Balaban J connectivity index is 0.959. The van der Waals surface area contributed by atoms with Crippen molar-refractivity contribution in [2.75, 3.05) is 14.7 Å². The van der Waals surface area contributed by atoms with E-state index in [1.54, 1.807) is 0 Å². The molecule has 0 saturated heterocycles. The maximum Gasteiger partial charge on any atom is 0.135 e. The van der Waals surface area contributed by atoms with Crippen molar-refractivity contribution in [2.24, 2.45) is 0 Å². The fourth-order valence-corrected chi connectivity index (χ4v) is 13.1. The second kappa shape index (κ2) is 20.5. The number of benzene rings is 12. The molecule has 0 unspecified atom stereocenters. The van der Waals surface area contributed by atoms with Crippen molar-refractivity contribution in [1.29, 1.82) is 0 Å². The molecule has 15 aromatic rings. The Hall–Kier alpha value is -10.8. The van der Waals surface area contributed by atoms with Gasteiger partial charge in [0.1, 0.15) is 34.0 Å². The third-order valence-corrected chi connectivity index (χ3v) is 17.4. The van der Waals surface area contributed by atoms with Gasteiger partial charge in [0.2, 0.25) is 0 Å². The van der Waals surface area contributed by atoms with Gasteiger partial charge in [0.25, 0.3) is 0 Å². The van der Waals surface area contributed by atoms with Crippen LogP contribution in [-0.2, 0) is 5.41 Å². The minimum atomic E-state index is -0.274. The third-order valence-electron chi connectivity index (χ3n) is 17.0. The number of nitrogens with zero attached hydrogens (tertiary/aromatic N) is 3. The number of fused-ring (bicyclic) bond motifs is 7. The van der Waals surface area contributed by atoms with Crippen molar-refractivity contribution in [3.63, 3.8) is 0 Å². The van der Waals surface area contributed by atoms with E-state index in [0.29, 0.717) is 5.02 Å². The first-order valence-electron chi connectivity index (χ1n) is 29.1. The molecule has 86 heavy (non-hydrogen) atoms. The lowest BCUT2D eigenvalue weighted by Gasteiger charge is -2.34. The van der Waals surface area contributed by atoms with Gasteiger partial charge in [0.15, 0.2) is 0 Å². The van der Waals surface area contributed by atoms with E-state index >= 15 is 0 Å². The molecule has 6 nitrogen and oxygen atoms in total. The fraction of sp³-hybridized carbons (Fsp3) is 0.0380. The van der Waals surface area contributed by atoms with Crippen LogP contribution < -0.4 is 14.7 Å². The highest BCUT2D eigenvalue weighted by Crippen LogP contribution is 2.54. The summed E-state index contributed by atoms with van der Waals surface area (Å²) in [5, 5.41) is 5.85. The number of hydrogen-bond acceptors (Lipinski definition) is 6. The van der Waals surface area contributed by atoms with Gasteiger partial charge in [0.05, 0.1) is 22.1 Å². The molecule has 1 aliphatic carbocycles. The van der Waals surface area contributed by atoms with Gasteiger partial charge in [-0.25, -0.2) is 0 Å². The molecule has 3 heterocycles. The Labute approximate surface area is 503 Å². The van der Waals surface area contributed by atoms with Crippen LogP contribution in [0.5, 0.6) is 0 Å². The van der Waals surface area contributed by atoms with Gasteiger partial charge in [-0.05, 0) is 160 Å². The first-order valence-corrected chi connectivity index (χ1v) is 29.4. The summed E-state index contributed by atoms with van der Waals surface area (Å²) in [4.78, 5) is 6.95. The molecule has 0 bridgehead atoms. The van der Waals surface area contributed by atoms with Crippen LogP contribution in [0.15, 0.2) is 304 Å². The van der Waals surface area contributed by atoms with Crippen molar-refractivity contribution in [1.82, 2.24) is 0 Å². The molecule has 16 rings (SSSR count). The fourth-order valence-electron chi connectivity index (χ4n) is 12.8. The molecule has 12 aromatic carbocycles. The normalized spacial score (nSPS) is 12.5. The summed E-state index contributed by atoms with van der Waals surface area (Å²) in [7, 11) is 0. The Morgan fingerprint density at radius 1 is 0.279 bits per heavy atom. The lowest BCUT2D eigenvalue weighted by Crippen LogP contribution is -2.18. The monoisotopic (exact) mass is 1130 g/mol. The van der Waals surface area contributed by atoms with E-state index in [2.05, 4.69) is 265 Å². The van der Waals surface area contributed by atoms with E-state index in [4.69, 9.17) is 24.9 Å². The quantitative estimate of drug-likeness (QED) is 0.122. The van der Waals surface area contributed by atoms with Crippen LogP contribution in [0.25, 0.3) is 88.8 Å².